The average Bonchev–Trinajstić information content (AvgIpc) is 2.30. The van der Waals surface area contributed by atoms with Crippen LogP contribution in [0.25, 0.3) is 11.1 Å². The minimum Gasteiger partial charge on any atom is -0.478 e. The smallest absolute Gasteiger partial charge is 0.336 e. The molecule has 2 rings (SSSR count). The van der Waals surface area contributed by atoms with Crippen LogP contribution >= 0.6 is 0 Å². The van der Waals surface area contributed by atoms with Gasteiger partial charge in [-0.25, -0.2) is 9.18 Å². The van der Waals surface area contributed by atoms with Crippen molar-refractivity contribution in [2.24, 2.45) is 0 Å². The third-order valence-corrected chi connectivity index (χ3v) is 2.30. The molecule has 0 heterocycles. The number of hydrogen-bond acceptors (Lipinski definition) is 1. The molecule has 0 fully saturated rings. The molecule has 2 aromatic rings. The molecule has 0 saturated heterocycles. The molecule has 0 aliphatic carbocycles. The van der Waals surface area contributed by atoms with E-state index in [1.165, 1.54) is 12.1 Å². The van der Waals surface area contributed by atoms with E-state index < -0.39 is 11.8 Å². The monoisotopic (exact) mass is 216 g/mol. The first-order valence-electron chi connectivity index (χ1n) is 4.77. The summed E-state index contributed by atoms with van der Waals surface area (Å²) in [5.74, 6) is -1.67. The van der Waals surface area contributed by atoms with Gasteiger partial charge in [-0.3, -0.25) is 0 Å². The zero-order valence-corrected chi connectivity index (χ0v) is 8.35. The lowest BCUT2D eigenvalue weighted by molar-refractivity contribution is 0.0697. The minimum atomic E-state index is -1.13. The Balaban J connectivity index is 2.61. The molecule has 0 aliphatic rings. The Kier molecular flexibility index (Phi) is 2.68. The zero-order valence-electron chi connectivity index (χ0n) is 8.35. The highest BCUT2D eigenvalue weighted by Crippen LogP contribution is 2.24. The number of hydrogen-bond donors (Lipinski definition) is 1. The maximum Gasteiger partial charge on any atom is 0.336 e. The van der Waals surface area contributed by atoms with Gasteiger partial charge in [-0.15, -0.1) is 0 Å². The lowest BCUT2D eigenvalue weighted by Crippen LogP contribution is -2.00. The van der Waals surface area contributed by atoms with E-state index in [1.54, 1.807) is 12.1 Å². The van der Waals surface area contributed by atoms with E-state index in [0.717, 1.165) is 11.6 Å². The molecule has 16 heavy (non-hydrogen) atoms. The summed E-state index contributed by atoms with van der Waals surface area (Å²) in [4.78, 5) is 11.0. The first kappa shape index (κ1) is 10.4. The van der Waals surface area contributed by atoms with Crippen LogP contribution < -0.4 is 0 Å². The Morgan fingerprint density at radius 3 is 2.38 bits per heavy atom. The lowest BCUT2D eigenvalue weighted by atomic mass is 10.00. The summed E-state index contributed by atoms with van der Waals surface area (Å²) in [6, 6.07) is 12.8. The van der Waals surface area contributed by atoms with Gasteiger partial charge in [0.2, 0.25) is 0 Å². The summed E-state index contributed by atoms with van der Waals surface area (Å²) in [7, 11) is 0. The van der Waals surface area contributed by atoms with Crippen molar-refractivity contribution in [1.29, 1.82) is 0 Å². The summed E-state index contributed by atoms with van der Waals surface area (Å²) in [6.45, 7) is 0. The van der Waals surface area contributed by atoms with Crippen molar-refractivity contribution in [3.8, 4) is 11.1 Å². The van der Waals surface area contributed by atoms with Crippen LogP contribution in [0.1, 0.15) is 10.4 Å². The topological polar surface area (TPSA) is 37.3 Å². The van der Waals surface area contributed by atoms with Crippen LogP contribution in [0.15, 0.2) is 48.5 Å². The van der Waals surface area contributed by atoms with Gasteiger partial charge in [-0.2, -0.15) is 0 Å². The summed E-state index contributed by atoms with van der Waals surface area (Å²) in [6.07, 6.45) is 0. The van der Waals surface area contributed by atoms with Gasteiger partial charge in [0.05, 0.1) is 5.56 Å². The van der Waals surface area contributed by atoms with Crippen LogP contribution in [0.5, 0.6) is 0 Å². The third-order valence-electron chi connectivity index (χ3n) is 2.30. The maximum atomic E-state index is 13.0. The van der Waals surface area contributed by atoms with Crippen molar-refractivity contribution in [2.75, 3.05) is 0 Å². The molecule has 0 amide bonds. The summed E-state index contributed by atoms with van der Waals surface area (Å²) < 4.78 is 13.0. The molecule has 0 bridgehead atoms. The van der Waals surface area contributed by atoms with Crippen LogP contribution in [0, 0.1) is 5.82 Å². The number of benzene rings is 2. The molecule has 2 nitrogen and oxygen atoms in total. The van der Waals surface area contributed by atoms with Crippen LogP contribution in [0.2, 0.25) is 0 Å². The van der Waals surface area contributed by atoms with Gasteiger partial charge < -0.3 is 5.11 Å². The Labute approximate surface area is 92.0 Å². The highest BCUT2D eigenvalue weighted by atomic mass is 19.1. The maximum absolute atomic E-state index is 13.0. The van der Waals surface area contributed by atoms with E-state index in [4.69, 9.17) is 5.11 Å². The molecular weight excluding hydrogens is 207 g/mol. The number of carbonyl (C=O) groups is 1. The first-order valence-corrected chi connectivity index (χ1v) is 4.77. The van der Waals surface area contributed by atoms with Gasteiger partial charge in [-0.1, -0.05) is 36.4 Å². The fourth-order valence-corrected chi connectivity index (χ4v) is 1.56. The Bertz CT molecular complexity index is 521. The van der Waals surface area contributed by atoms with Crippen molar-refractivity contribution in [1.82, 2.24) is 0 Å². The molecule has 0 aromatic heterocycles. The molecule has 0 spiro atoms. The number of carboxylic acids is 1. The third kappa shape index (κ3) is 1.93. The quantitative estimate of drug-likeness (QED) is 0.837. The second-order valence-corrected chi connectivity index (χ2v) is 3.36. The van der Waals surface area contributed by atoms with E-state index in [1.807, 2.05) is 18.2 Å². The Hall–Kier alpha value is -2.16. The number of rotatable bonds is 2. The number of carboxylic acid groups (broad SMARTS) is 1. The molecule has 0 radical (unpaired) electrons. The van der Waals surface area contributed by atoms with Crippen molar-refractivity contribution in [3.05, 3.63) is 59.9 Å². The van der Waals surface area contributed by atoms with Crippen LogP contribution in [-0.2, 0) is 0 Å². The SMILES string of the molecule is O=C(O)c1cc(F)ccc1-c1ccccc1. The highest BCUT2D eigenvalue weighted by molar-refractivity contribution is 5.96. The molecule has 0 aliphatic heterocycles. The van der Waals surface area contributed by atoms with Crippen molar-refractivity contribution in [2.45, 2.75) is 0 Å². The Morgan fingerprint density at radius 2 is 1.75 bits per heavy atom. The lowest BCUT2D eigenvalue weighted by Gasteiger charge is -2.05. The average molecular weight is 216 g/mol. The van der Waals surface area contributed by atoms with Gasteiger partial charge in [0.1, 0.15) is 5.82 Å². The second-order valence-electron chi connectivity index (χ2n) is 3.36. The summed E-state index contributed by atoms with van der Waals surface area (Å²) in [5, 5.41) is 8.98. The summed E-state index contributed by atoms with van der Waals surface area (Å²) >= 11 is 0. The van der Waals surface area contributed by atoms with E-state index in [9.17, 15) is 9.18 Å². The van der Waals surface area contributed by atoms with E-state index in [0.29, 0.717) is 5.56 Å². The zero-order chi connectivity index (χ0) is 11.5. The van der Waals surface area contributed by atoms with E-state index in [-0.39, 0.29) is 5.56 Å². The van der Waals surface area contributed by atoms with Gasteiger partial charge in [0.15, 0.2) is 0 Å². The minimum absolute atomic E-state index is 0.0220. The predicted molar refractivity (Wildman–Crippen MR) is 58.8 cm³/mol. The number of halogens is 1. The van der Waals surface area contributed by atoms with E-state index >= 15 is 0 Å². The molecule has 0 saturated carbocycles. The van der Waals surface area contributed by atoms with Gasteiger partial charge in [-0.05, 0) is 23.3 Å². The molecule has 0 unspecified atom stereocenters. The van der Waals surface area contributed by atoms with Crippen molar-refractivity contribution < 1.29 is 14.3 Å². The second kappa shape index (κ2) is 4.14. The molecular formula is C13H9FO2. The molecule has 3 heteroatoms. The fourth-order valence-electron chi connectivity index (χ4n) is 1.56. The number of aromatic carboxylic acids is 1. The highest BCUT2D eigenvalue weighted by Gasteiger charge is 2.12. The fraction of sp³-hybridized carbons (Fsp3) is 0. The molecule has 2 aromatic carbocycles. The normalized spacial score (nSPS) is 10.1. The van der Waals surface area contributed by atoms with Crippen molar-refractivity contribution >= 4 is 5.97 Å². The van der Waals surface area contributed by atoms with Crippen LogP contribution in [-0.4, -0.2) is 11.1 Å². The van der Waals surface area contributed by atoms with Crippen LogP contribution in [0.3, 0.4) is 0 Å². The molecule has 80 valence electrons. The first-order chi connectivity index (χ1) is 7.68. The summed E-state index contributed by atoms with van der Waals surface area (Å²) in [5.41, 5.74) is 1.26. The van der Waals surface area contributed by atoms with Gasteiger partial charge in [0, 0.05) is 0 Å². The largest absolute Gasteiger partial charge is 0.478 e. The Morgan fingerprint density at radius 1 is 1.06 bits per heavy atom. The van der Waals surface area contributed by atoms with Gasteiger partial charge >= 0.3 is 5.97 Å². The van der Waals surface area contributed by atoms with Crippen molar-refractivity contribution in [3.63, 3.8) is 0 Å². The molecule has 0 atom stereocenters. The molecule has 1 N–H and O–H groups in total. The predicted octanol–water partition coefficient (Wildman–Crippen LogP) is 3.19. The van der Waals surface area contributed by atoms with Crippen LogP contribution in [0.4, 0.5) is 4.39 Å². The van der Waals surface area contributed by atoms with Gasteiger partial charge in [0.25, 0.3) is 0 Å². The van der Waals surface area contributed by atoms with E-state index in [2.05, 4.69) is 0 Å². The standard InChI is InChI=1S/C13H9FO2/c14-10-6-7-11(12(8-10)13(15)16)9-4-2-1-3-5-9/h1-8H,(H,15,16).